The molecule has 4 aliphatic heterocycles. The monoisotopic (exact) mass is 370 g/mol. The summed E-state index contributed by atoms with van der Waals surface area (Å²) in [5.74, 6) is 0. The zero-order chi connectivity index (χ0) is 18.4. The van der Waals surface area contributed by atoms with E-state index in [1.807, 2.05) is 21.8 Å². The molecule has 0 radical (unpaired) electrons. The van der Waals surface area contributed by atoms with Crippen molar-refractivity contribution in [3.05, 3.63) is 43.5 Å². The number of fused-ring (bicyclic) bond motifs is 9. The number of hydrogen-bond acceptors (Lipinski definition) is 0. The second-order valence-electron chi connectivity index (χ2n) is 9.99. The fourth-order valence-corrected chi connectivity index (χ4v) is 15.9. The van der Waals surface area contributed by atoms with Gasteiger partial charge in [0.15, 0.2) is 0 Å². The maximum absolute atomic E-state index is 2.58. The van der Waals surface area contributed by atoms with E-state index in [4.69, 9.17) is 0 Å². The highest BCUT2D eigenvalue weighted by molar-refractivity contribution is 7.74. The molecule has 0 N–H and O–H groups in total. The van der Waals surface area contributed by atoms with E-state index in [0.717, 1.165) is 11.3 Å². The zero-order valence-electron chi connectivity index (χ0n) is 17.5. The Labute approximate surface area is 156 Å². The molecule has 2 heteroatoms. The molecule has 5 rings (SSSR count). The fraction of sp³-hybridized carbons (Fsp3) is 0.652. The van der Waals surface area contributed by atoms with Crippen LogP contribution in [0.15, 0.2) is 43.5 Å². The van der Waals surface area contributed by atoms with Crippen LogP contribution in [0.2, 0.25) is 0 Å². The molecular weight excluding hydrogens is 338 g/mol. The van der Waals surface area contributed by atoms with E-state index in [2.05, 4.69) is 69.2 Å². The Balaban J connectivity index is 1.82. The third-order valence-electron chi connectivity index (χ3n) is 9.28. The first-order chi connectivity index (χ1) is 11.4. The van der Waals surface area contributed by atoms with Crippen molar-refractivity contribution < 1.29 is 0 Å². The van der Waals surface area contributed by atoms with Crippen molar-refractivity contribution >= 4 is 15.8 Å². The van der Waals surface area contributed by atoms with Gasteiger partial charge in [0.2, 0.25) is 0 Å². The molecule has 4 bridgehead atoms. The lowest BCUT2D eigenvalue weighted by atomic mass is 9.58. The maximum atomic E-state index is 2.58. The Morgan fingerprint density at radius 2 is 0.960 bits per heavy atom. The number of rotatable bonds is 0. The molecule has 25 heavy (non-hydrogen) atoms. The standard InChI is InChI=1S/C23H32P2/c1-11-13(3)24-15(5)22(11,9)19-17(24)18-20(21(19,7)8)23(10)12(2)14(4)25(18)16(23)6/h15-16H,1-10H3/t15?,16?,22-,23+,24+,25-. The van der Waals surface area contributed by atoms with Crippen LogP contribution in [0, 0.1) is 16.2 Å². The van der Waals surface area contributed by atoms with Gasteiger partial charge in [0.25, 0.3) is 0 Å². The SMILES string of the molecule is CC1=C(C)[C@@]2(C)C3=C(C4=C(C3(C)C)[C@@]3(C)C(C)=C(C)[P@]4C3C)[P@]1C2C. The molecule has 0 aromatic rings. The minimum atomic E-state index is -0.101. The molecule has 134 valence electrons. The second kappa shape index (κ2) is 4.28. The summed E-state index contributed by atoms with van der Waals surface area (Å²) in [5, 5.41) is 7.29. The molecule has 4 heterocycles. The van der Waals surface area contributed by atoms with E-state index in [-0.39, 0.29) is 21.3 Å². The third-order valence-corrected chi connectivity index (χ3v) is 16.0. The van der Waals surface area contributed by atoms with Crippen molar-refractivity contribution in [3.8, 4) is 0 Å². The van der Waals surface area contributed by atoms with Crippen LogP contribution in [-0.2, 0) is 0 Å². The normalized spacial score (nSPS) is 49.2. The average molecular weight is 370 g/mol. The predicted molar refractivity (Wildman–Crippen MR) is 114 cm³/mol. The molecule has 0 fully saturated rings. The first-order valence-electron chi connectivity index (χ1n) is 9.89. The van der Waals surface area contributed by atoms with Gasteiger partial charge < -0.3 is 0 Å². The van der Waals surface area contributed by atoms with Crippen LogP contribution in [-0.4, -0.2) is 11.3 Å². The van der Waals surface area contributed by atoms with Crippen molar-refractivity contribution in [1.82, 2.24) is 0 Å². The van der Waals surface area contributed by atoms with Crippen molar-refractivity contribution in [2.24, 2.45) is 16.2 Å². The van der Waals surface area contributed by atoms with Crippen LogP contribution in [0.4, 0.5) is 0 Å². The van der Waals surface area contributed by atoms with Crippen molar-refractivity contribution in [2.45, 2.75) is 80.6 Å². The summed E-state index contributed by atoms with van der Waals surface area (Å²) in [6.45, 7) is 25.2. The van der Waals surface area contributed by atoms with Gasteiger partial charge in [-0.15, -0.1) is 0 Å². The van der Waals surface area contributed by atoms with Gasteiger partial charge in [-0.2, -0.15) is 0 Å². The van der Waals surface area contributed by atoms with Crippen molar-refractivity contribution in [2.75, 3.05) is 0 Å². The highest BCUT2D eigenvalue weighted by Gasteiger charge is 2.70. The van der Waals surface area contributed by atoms with Crippen LogP contribution in [0.1, 0.15) is 69.2 Å². The Hall–Kier alpha value is -0.180. The van der Waals surface area contributed by atoms with Crippen molar-refractivity contribution in [1.29, 1.82) is 0 Å². The average Bonchev–Trinajstić information content (AvgIpc) is 3.12. The fourth-order valence-electron chi connectivity index (χ4n) is 7.57. The highest BCUT2D eigenvalue weighted by Crippen LogP contribution is 2.92. The number of hydrogen-bond donors (Lipinski definition) is 0. The van der Waals surface area contributed by atoms with Crippen LogP contribution >= 0.6 is 15.8 Å². The Bertz CT molecular complexity index is 821. The summed E-state index contributed by atoms with van der Waals surface area (Å²) in [6.07, 6.45) is 0. The summed E-state index contributed by atoms with van der Waals surface area (Å²) in [6, 6.07) is 0. The quantitative estimate of drug-likeness (QED) is 0.380. The molecule has 5 aliphatic rings. The Kier molecular flexibility index (Phi) is 2.90. The van der Waals surface area contributed by atoms with Gasteiger partial charge >= 0.3 is 0 Å². The van der Waals surface area contributed by atoms with Gasteiger partial charge in [-0.25, -0.2) is 0 Å². The maximum Gasteiger partial charge on any atom is 0.0185 e. The molecule has 0 saturated heterocycles. The smallest absolute Gasteiger partial charge is 0.0185 e. The molecule has 0 saturated carbocycles. The molecule has 0 aromatic heterocycles. The first kappa shape index (κ1) is 17.0. The predicted octanol–water partition coefficient (Wildman–Crippen LogP) is 7.93. The molecule has 6 atom stereocenters. The van der Waals surface area contributed by atoms with E-state index >= 15 is 0 Å². The van der Waals surface area contributed by atoms with E-state index in [9.17, 15) is 0 Å². The molecular formula is C23H32P2. The van der Waals surface area contributed by atoms with E-state index < -0.39 is 0 Å². The Morgan fingerprint density at radius 1 is 0.640 bits per heavy atom. The van der Waals surface area contributed by atoms with E-state index in [1.54, 1.807) is 21.8 Å². The van der Waals surface area contributed by atoms with Gasteiger partial charge in [-0.3, -0.25) is 0 Å². The minimum Gasteiger partial charge on any atom is -0.0589 e. The molecule has 0 spiro atoms. The third kappa shape index (κ3) is 1.35. The Morgan fingerprint density at radius 3 is 1.28 bits per heavy atom. The van der Waals surface area contributed by atoms with Gasteiger partial charge in [0, 0.05) is 16.2 Å². The lowest BCUT2D eigenvalue weighted by Gasteiger charge is -2.45. The van der Waals surface area contributed by atoms with Crippen molar-refractivity contribution in [3.63, 3.8) is 0 Å². The summed E-state index contributed by atoms with van der Waals surface area (Å²) >= 11 is 0. The van der Waals surface area contributed by atoms with E-state index in [0.29, 0.717) is 10.8 Å². The second-order valence-corrected chi connectivity index (χ2v) is 15.3. The lowest BCUT2D eigenvalue weighted by molar-refractivity contribution is 0.328. The van der Waals surface area contributed by atoms with Gasteiger partial charge in [-0.1, -0.05) is 52.7 Å². The highest BCUT2D eigenvalue weighted by atomic mass is 31.1. The number of allylic oxidation sites excluding steroid dienone is 8. The summed E-state index contributed by atoms with van der Waals surface area (Å²) in [5.41, 5.74) is 9.60. The minimum absolute atomic E-state index is 0.101. The van der Waals surface area contributed by atoms with Crippen LogP contribution < -0.4 is 0 Å². The van der Waals surface area contributed by atoms with E-state index in [1.165, 1.54) is 0 Å². The van der Waals surface area contributed by atoms with Crippen LogP contribution in [0.3, 0.4) is 0 Å². The zero-order valence-corrected chi connectivity index (χ0v) is 19.3. The van der Waals surface area contributed by atoms with Crippen LogP contribution in [0.25, 0.3) is 0 Å². The van der Waals surface area contributed by atoms with Gasteiger partial charge in [-0.05, 0) is 87.3 Å². The molecule has 0 amide bonds. The van der Waals surface area contributed by atoms with Gasteiger partial charge in [0.1, 0.15) is 0 Å². The lowest BCUT2D eigenvalue weighted by Crippen LogP contribution is -2.38. The summed E-state index contributed by atoms with van der Waals surface area (Å²) < 4.78 is 0. The molecule has 0 aromatic carbocycles. The van der Waals surface area contributed by atoms with Crippen LogP contribution in [0.5, 0.6) is 0 Å². The summed E-state index contributed by atoms with van der Waals surface area (Å²) in [4.78, 5) is 0. The first-order valence-corrected chi connectivity index (χ1v) is 12.7. The molecule has 0 nitrogen and oxygen atoms in total. The topological polar surface area (TPSA) is 0 Å². The largest absolute Gasteiger partial charge is 0.0589 e. The molecule has 2 unspecified atom stereocenters. The van der Waals surface area contributed by atoms with Gasteiger partial charge in [0.05, 0.1) is 0 Å². The molecule has 1 aliphatic carbocycles. The summed E-state index contributed by atoms with van der Waals surface area (Å²) in [7, 11) is -0.203.